The van der Waals surface area contributed by atoms with Gasteiger partial charge in [-0.2, -0.15) is 0 Å². The Balaban J connectivity index is 0.00000264. The Morgan fingerprint density at radius 2 is 1.96 bits per heavy atom. The van der Waals surface area contributed by atoms with Crippen molar-refractivity contribution in [3.05, 3.63) is 35.9 Å². The molecule has 0 radical (unpaired) electrons. The zero-order valence-electron chi connectivity index (χ0n) is 14.3. The summed E-state index contributed by atoms with van der Waals surface area (Å²) in [6.45, 7) is 6.20. The fourth-order valence-electron chi connectivity index (χ4n) is 3.06. The van der Waals surface area contributed by atoms with Gasteiger partial charge in [0.1, 0.15) is 0 Å². The number of carbonyl (C=O) groups is 1. The second kappa shape index (κ2) is 10.6. The van der Waals surface area contributed by atoms with Crippen molar-refractivity contribution >= 4 is 18.3 Å². The molecule has 1 atom stereocenters. The van der Waals surface area contributed by atoms with Crippen LogP contribution in [0, 0.1) is 0 Å². The third-order valence-electron chi connectivity index (χ3n) is 4.50. The van der Waals surface area contributed by atoms with Crippen molar-refractivity contribution in [2.24, 2.45) is 0 Å². The number of hydrogen-bond acceptors (Lipinski definition) is 3. The predicted octanol–water partition coefficient (Wildman–Crippen LogP) is 2.53. The van der Waals surface area contributed by atoms with Crippen LogP contribution >= 0.6 is 12.4 Å². The number of halogens is 1. The van der Waals surface area contributed by atoms with E-state index in [1.54, 1.807) is 0 Å². The van der Waals surface area contributed by atoms with Crippen molar-refractivity contribution in [2.45, 2.75) is 38.8 Å². The molecule has 0 saturated carbocycles. The zero-order valence-corrected chi connectivity index (χ0v) is 15.1. The molecule has 1 N–H and O–H groups in total. The van der Waals surface area contributed by atoms with Gasteiger partial charge in [-0.1, -0.05) is 30.3 Å². The minimum absolute atomic E-state index is 0. The summed E-state index contributed by atoms with van der Waals surface area (Å²) in [4.78, 5) is 16.8. The SMILES string of the molecule is CCN(Cc1ccccc1)C(=O)CN(C)C1CCCNCC1.Cl. The van der Waals surface area contributed by atoms with Gasteiger partial charge in [-0.05, 0) is 51.9 Å². The fraction of sp³-hybridized carbons (Fsp3) is 0.611. The summed E-state index contributed by atoms with van der Waals surface area (Å²) < 4.78 is 0. The third-order valence-corrected chi connectivity index (χ3v) is 4.50. The number of hydrogen-bond donors (Lipinski definition) is 1. The molecule has 2 rings (SSSR count). The number of benzene rings is 1. The van der Waals surface area contributed by atoms with Crippen LogP contribution in [0.5, 0.6) is 0 Å². The second-order valence-corrected chi connectivity index (χ2v) is 6.14. The predicted molar refractivity (Wildman–Crippen MR) is 97.9 cm³/mol. The van der Waals surface area contributed by atoms with Crippen LogP contribution in [-0.2, 0) is 11.3 Å². The number of carbonyl (C=O) groups excluding carboxylic acids is 1. The highest BCUT2D eigenvalue weighted by molar-refractivity contribution is 5.85. The number of nitrogens with zero attached hydrogens (tertiary/aromatic N) is 2. The summed E-state index contributed by atoms with van der Waals surface area (Å²) in [5, 5.41) is 3.43. The number of likely N-dealkylation sites (N-methyl/N-ethyl adjacent to an activating group) is 2. The van der Waals surface area contributed by atoms with E-state index in [1.165, 1.54) is 18.4 Å². The number of amides is 1. The molecule has 1 aliphatic heterocycles. The minimum atomic E-state index is 0. The topological polar surface area (TPSA) is 35.6 Å². The zero-order chi connectivity index (χ0) is 15.8. The lowest BCUT2D eigenvalue weighted by molar-refractivity contribution is -0.133. The largest absolute Gasteiger partial charge is 0.338 e. The minimum Gasteiger partial charge on any atom is -0.338 e. The van der Waals surface area contributed by atoms with E-state index in [4.69, 9.17) is 0 Å². The van der Waals surface area contributed by atoms with Gasteiger partial charge in [-0.3, -0.25) is 9.69 Å². The average Bonchev–Trinajstić information content (AvgIpc) is 2.82. The summed E-state index contributed by atoms with van der Waals surface area (Å²) >= 11 is 0. The molecule has 5 heteroatoms. The van der Waals surface area contributed by atoms with E-state index in [0.29, 0.717) is 19.1 Å². The molecule has 0 aliphatic carbocycles. The first-order valence-corrected chi connectivity index (χ1v) is 8.43. The van der Waals surface area contributed by atoms with Gasteiger partial charge >= 0.3 is 0 Å². The molecule has 1 aromatic rings. The monoisotopic (exact) mass is 339 g/mol. The molecule has 1 saturated heterocycles. The first-order chi connectivity index (χ1) is 10.7. The quantitative estimate of drug-likeness (QED) is 0.865. The van der Waals surface area contributed by atoms with E-state index in [1.807, 2.05) is 23.1 Å². The molecule has 0 aromatic heterocycles. The Morgan fingerprint density at radius 1 is 1.22 bits per heavy atom. The van der Waals surface area contributed by atoms with Crippen LogP contribution in [0.1, 0.15) is 31.7 Å². The van der Waals surface area contributed by atoms with E-state index in [0.717, 1.165) is 26.1 Å². The van der Waals surface area contributed by atoms with Crippen molar-refractivity contribution in [3.8, 4) is 0 Å². The Morgan fingerprint density at radius 3 is 2.65 bits per heavy atom. The van der Waals surface area contributed by atoms with Crippen molar-refractivity contribution < 1.29 is 4.79 Å². The van der Waals surface area contributed by atoms with Gasteiger partial charge in [0.25, 0.3) is 0 Å². The van der Waals surface area contributed by atoms with E-state index in [-0.39, 0.29) is 18.3 Å². The second-order valence-electron chi connectivity index (χ2n) is 6.14. The summed E-state index contributed by atoms with van der Waals surface area (Å²) in [7, 11) is 2.09. The fourth-order valence-corrected chi connectivity index (χ4v) is 3.06. The van der Waals surface area contributed by atoms with Crippen molar-refractivity contribution in [1.29, 1.82) is 0 Å². The van der Waals surface area contributed by atoms with Gasteiger partial charge in [-0.25, -0.2) is 0 Å². The Bertz CT molecular complexity index is 447. The molecule has 130 valence electrons. The van der Waals surface area contributed by atoms with E-state index in [2.05, 4.69) is 36.3 Å². The van der Waals surface area contributed by atoms with Crippen molar-refractivity contribution in [1.82, 2.24) is 15.1 Å². The Hall–Kier alpha value is -1.10. The smallest absolute Gasteiger partial charge is 0.237 e. The van der Waals surface area contributed by atoms with Gasteiger partial charge in [0.05, 0.1) is 6.54 Å². The van der Waals surface area contributed by atoms with E-state index in [9.17, 15) is 4.79 Å². The maximum Gasteiger partial charge on any atom is 0.237 e. The van der Waals surface area contributed by atoms with Crippen LogP contribution in [-0.4, -0.2) is 55.0 Å². The lowest BCUT2D eigenvalue weighted by atomic mass is 10.1. The summed E-state index contributed by atoms with van der Waals surface area (Å²) in [6.07, 6.45) is 3.51. The maximum atomic E-state index is 12.6. The first kappa shape index (κ1) is 19.9. The molecule has 1 amide bonds. The summed E-state index contributed by atoms with van der Waals surface area (Å²) in [5.41, 5.74) is 1.19. The van der Waals surface area contributed by atoms with Gasteiger partial charge in [0.15, 0.2) is 0 Å². The lowest BCUT2D eigenvalue weighted by Gasteiger charge is -2.29. The lowest BCUT2D eigenvalue weighted by Crippen LogP contribution is -2.42. The van der Waals surface area contributed by atoms with Crippen LogP contribution in [0.2, 0.25) is 0 Å². The van der Waals surface area contributed by atoms with Crippen LogP contribution in [0.4, 0.5) is 0 Å². The summed E-state index contributed by atoms with van der Waals surface area (Å²) in [5.74, 6) is 0.228. The average molecular weight is 340 g/mol. The molecule has 0 spiro atoms. The molecular formula is C18H30ClN3O. The van der Waals surface area contributed by atoms with Crippen LogP contribution < -0.4 is 5.32 Å². The van der Waals surface area contributed by atoms with Crippen molar-refractivity contribution in [2.75, 3.05) is 33.2 Å². The standard InChI is InChI=1S/C18H29N3O.ClH/c1-3-21(14-16-8-5-4-6-9-16)18(22)15-20(2)17-10-7-12-19-13-11-17;/h4-6,8-9,17,19H,3,7,10-15H2,1-2H3;1H. The third kappa shape index (κ3) is 6.50. The number of rotatable bonds is 6. The molecule has 1 unspecified atom stereocenters. The van der Waals surface area contributed by atoms with Gasteiger partial charge in [-0.15, -0.1) is 12.4 Å². The molecule has 1 aliphatic rings. The van der Waals surface area contributed by atoms with Gasteiger partial charge in [0.2, 0.25) is 5.91 Å². The molecule has 1 heterocycles. The van der Waals surface area contributed by atoms with Crippen LogP contribution in [0.3, 0.4) is 0 Å². The number of nitrogens with one attached hydrogen (secondary N) is 1. The van der Waals surface area contributed by atoms with Crippen LogP contribution in [0.15, 0.2) is 30.3 Å². The highest BCUT2D eigenvalue weighted by Gasteiger charge is 2.21. The molecule has 23 heavy (non-hydrogen) atoms. The highest BCUT2D eigenvalue weighted by atomic mass is 35.5. The molecule has 0 bridgehead atoms. The van der Waals surface area contributed by atoms with E-state index >= 15 is 0 Å². The normalized spacial score (nSPS) is 18.1. The molecular weight excluding hydrogens is 310 g/mol. The Labute approximate surface area is 146 Å². The van der Waals surface area contributed by atoms with Crippen molar-refractivity contribution in [3.63, 3.8) is 0 Å². The maximum absolute atomic E-state index is 12.6. The molecule has 1 aromatic carbocycles. The highest BCUT2D eigenvalue weighted by Crippen LogP contribution is 2.12. The van der Waals surface area contributed by atoms with E-state index < -0.39 is 0 Å². The molecule has 4 nitrogen and oxygen atoms in total. The Kier molecular flexibility index (Phi) is 9.22. The van der Waals surface area contributed by atoms with Gasteiger partial charge in [0, 0.05) is 19.1 Å². The summed E-state index contributed by atoms with van der Waals surface area (Å²) in [6, 6.07) is 10.7. The first-order valence-electron chi connectivity index (χ1n) is 8.43. The molecule has 1 fully saturated rings. The van der Waals surface area contributed by atoms with Gasteiger partial charge < -0.3 is 10.2 Å². The van der Waals surface area contributed by atoms with Crippen LogP contribution in [0.25, 0.3) is 0 Å².